The second-order valence-electron chi connectivity index (χ2n) is 1.50. The smallest absolute Gasteiger partial charge is 0.672 e. The van der Waals surface area contributed by atoms with Gasteiger partial charge < -0.3 is 101 Å². The molecule has 0 aromatic rings. The fourth-order valence-corrected chi connectivity index (χ4v) is 0. The Labute approximate surface area is 270 Å². The van der Waals surface area contributed by atoms with Gasteiger partial charge in [0.15, 0.2) is 0 Å². The van der Waals surface area contributed by atoms with Crippen molar-refractivity contribution in [2.24, 2.45) is 0 Å². The van der Waals surface area contributed by atoms with Gasteiger partial charge in [-0.2, -0.15) is 0 Å². The Hall–Kier alpha value is 1.41. The predicted octanol–water partition coefficient (Wildman–Crippen LogP) is -21.4. The van der Waals surface area contributed by atoms with E-state index in [4.69, 9.17) is 84.3 Å². The zero-order chi connectivity index (χ0) is 21.5. The van der Waals surface area contributed by atoms with Crippen LogP contribution in [-0.2, 0) is 26.8 Å². The van der Waals surface area contributed by atoms with E-state index >= 15 is 0 Å². The summed E-state index contributed by atoms with van der Waals surface area (Å²) in [6.45, 7) is 0. The standard InChI is InChI=1S/5Mg.6O3Si.3H2O/c;;;;;6*1-4(2)3;;;/h;;;;;;;;;;;3*1H2/q5*+2;6*-2;;;/p+2. The Bertz CT molecular complexity index is 283. The maximum absolute atomic E-state index is 8.52. The molecular formula is H8Mg5O21Si6. The molecule has 0 rings (SSSR count). The van der Waals surface area contributed by atoms with Crippen molar-refractivity contribution in [3.05, 3.63) is 0 Å². The van der Waals surface area contributed by atoms with Crippen molar-refractivity contribution in [1.29, 1.82) is 0 Å². The average Bonchev–Trinajstić information content (AvgIpc) is 2.08. The van der Waals surface area contributed by atoms with Gasteiger partial charge in [0, 0.05) is 55.0 Å². The summed E-state index contributed by atoms with van der Waals surface area (Å²) in [5, 5.41) is 0. The monoisotopic (exact) mass is 632 g/mol. The maximum atomic E-state index is 8.52. The first-order valence-electron chi connectivity index (χ1n) is 3.67. The molecule has 0 heterocycles. The molecule has 0 aromatic carbocycles. The molecule has 0 bridgehead atoms. The topological polar surface area (TPSA) is 474 Å². The number of hydrogen-bond donors (Lipinski definition) is 0. The quantitative estimate of drug-likeness (QED) is 0.223. The SMILES string of the molecule is O.O.O.O=[Si]([O-])[O-].O=[Si]([O-])[O-].O=[Si]([O-])[O-].O=[Si]([O-])[O-].O=[Si]([O-])[O-].O=[Si]([O-])[O-].[H+].[H+].[Mg+2].[Mg+2].[Mg+2].[Mg+2].[Mg+2]. The maximum Gasteiger partial charge on any atom is 2.00 e. The fourth-order valence-electron chi connectivity index (χ4n) is 0. The summed E-state index contributed by atoms with van der Waals surface area (Å²) in [5.41, 5.74) is 0. The van der Waals surface area contributed by atoms with Crippen LogP contribution < -0.4 is 57.5 Å². The summed E-state index contributed by atoms with van der Waals surface area (Å²) in [6, 6.07) is 0. The van der Waals surface area contributed by atoms with Gasteiger partial charge in [-0.05, 0) is 0 Å². The van der Waals surface area contributed by atoms with E-state index in [1.54, 1.807) is 0 Å². The summed E-state index contributed by atoms with van der Waals surface area (Å²) in [7, 11) is -21.8. The molecule has 0 aliphatic heterocycles. The van der Waals surface area contributed by atoms with Crippen molar-refractivity contribution in [3.8, 4) is 0 Å². The van der Waals surface area contributed by atoms with Crippen molar-refractivity contribution in [2.45, 2.75) is 0 Å². The van der Waals surface area contributed by atoms with Crippen LogP contribution in [0.15, 0.2) is 0 Å². The third-order valence-electron chi connectivity index (χ3n) is 0. The molecule has 21 nitrogen and oxygen atoms in total. The largest absolute Gasteiger partial charge is 2.00 e. The molecule has 32 heteroatoms. The third kappa shape index (κ3) is 14600. The first kappa shape index (κ1) is 93.1. The van der Waals surface area contributed by atoms with Crippen LogP contribution in [0.25, 0.3) is 0 Å². The normalized spacial score (nSPS) is 4.50. The predicted molar refractivity (Wildman–Crippen MR) is 80.5 cm³/mol. The van der Waals surface area contributed by atoms with Crippen molar-refractivity contribution in [3.63, 3.8) is 0 Å². The summed E-state index contributed by atoms with van der Waals surface area (Å²) < 4.78 is 51.1. The second kappa shape index (κ2) is 84.9. The minimum atomic E-state index is -3.63. The van der Waals surface area contributed by atoms with Crippen molar-refractivity contribution >= 4 is 170 Å². The third-order valence-corrected chi connectivity index (χ3v) is 0. The number of rotatable bonds is 0. The van der Waals surface area contributed by atoms with Crippen LogP contribution in [0.3, 0.4) is 0 Å². The van der Waals surface area contributed by atoms with Crippen LogP contribution in [0.5, 0.6) is 0 Å². The zero-order valence-electron chi connectivity index (χ0n) is 17.4. The molecule has 6 N–H and O–H groups in total. The molecule has 0 atom stereocenters. The Morgan fingerprint density at radius 2 is 0.281 bits per heavy atom. The summed E-state index contributed by atoms with van der Waals surface area (Å²) in [4.78, 5) is 102. The van der Waals surface area contributed by atoms with E-state index in [-0.39, 0.29) is 135 Å². The summed E-state index contributed by atoms with van der Waals surface area (Å²) >= 11 is 0. The fraction of sp³-hybridized carbons (Fsp3) is 0. The molecule has 0 aliphatic rings. The molecule has 0 saturated heterocycles. The van der Waals surface area contributed by atoms with Gasteiger partial charge in [0.25, 0.3) is 0 Å². The Kier molecular flexibility index (Phi) is 247. The van der Waals surface area contributed by atoms with Gasteiger partial charge in [0.1, 0.15) is 0 Å². The van der Waals surface area contributed by atoms with Gasteiger partial charge in [-0.15, -0.1) is 0 Å². The number of hydrogen-bond acceptors (Lipinski definition) is 18. The molecule has 0 saturated carbocycles. The van der Waals surface area contributed by atoms with Gasteiger partial charge >= 0.3 is 118 Å². The Morgan fingerprint density at radius 1 is 0.281 bits per heavy atom. The van der Waals surface area contributed by atoms with Crippen LogP contribution in [0.4, 0.5) is 0 Å². The molecule has 0 aliphatic carbocycles. The van der Waals surface area contributed by atoms with Crippen molar-refractivity contribution in [1.82, 2.24) is 0 Å². The minimum absolute atomic E-state index is 0. The molecule has 0 radical (unpaired) electrons. The first-order valence-corrected chi connectivity index (χ1v) is 11.0. The molecular weight excluding hydrogens is 626 g/mol. The van der Waals surface area contributed by atoms with E-state index < -0.39 is 55.0 Å². The molecule has 0 aromatic heterocycles. The summed E-state index contributed by atoms with van der Waals surface area (Å²) in [5.74, 6) is 0. The van der Waals surface area contributed by atoms with Gasteiger partial charge in [-0.1, -0.05) is 0 Å². The van der Waals surface area contributed by atoms with Gasteiger partial charge in [0.05, 0.1) is 0 Å². The van der Waals surface area contributed by atoms with E-state index in [9.17, 15) is 0 Å². The average molecular weight is 634 g/mol. The molecule has 0 amide bonds. The van der Waals surface area contributed by atoms with E-state index in [1.165, 1.54) is 0 Å². The van der Waals surface area contributed by atoms with Crippen LogP contribution in [0.2, 0.25) is 0 Å². The van der Waals surface area contributed by atoms with Crippen LogP contribution in [0.1, 0.15) is 2.85 Å². The van der Waals surface area contributed by atoms with Crippen LogP contribution in [-0.4, -0.2) is 187 Å². The van der Waals surface area contributed by atoms with Crippen LogP contribution in [0, 0.1) is 0 Å². The van der Waals surface area contributed by atoms with E-state index in [0.29, 0.717) is 0 Å². The Balaban J connectivity index is -0.00000000771. The molecule has 0 unspecified atom stereocenters. The van der Waals surface area contributed by atoms with Gasteiger partial charge in [-0.25, -0.2) is 0 Å². The zero-order valence-corrected chi connectivity index (χ0v) is 28.5. The van der Waals surface area contributed by atoms with Crippen molar-refractivity contribution < 1.29 is 104 Å². The van der Waals surface area contributed by atoms with E-state index in [2.05, 4.69) is 0 Å². The minimum Gasteiger partial charge on any atom is -0.672 e. The molecule has 168 valence electrons. The van der Waals surface area contributed by atoms with Gasteiger partial charge in [-0.3, -0.25) is 0 Å². The van der Waals surface area contributed by atoms with Gasteiger partial charge in [0.2, 0.25) is 0 Å². The molecule has 0 spiro atoms. The van der Waals surface area contributed by atoms with E-state index in [1.807, 2.05) is 0 Å². The van der Waals surface area contributed by atoms with Crippen LogP contribution >= 0.6 is 0 Å². The Morgan fingerprint density at radius 3 is 0.281 bits per heavy atom. The van der Waals surface area contributed by atoms with Crippen molar-refractivity contribution in [2.75, 3.05) is 0 Å². The second-order valence-corrected chi connectivity index (χ2v) is 4.50. The molecule has 0 fully saturated rings. The van der Waals surface area contributed by atoms with E-state index in [0.717, 1.165) is 0 Å². The summed E-state index contributed by atoms with van der Waals surface area (Å²) in [6.07, 6.45) is 0. The first-order chi connectivity index (χ1) is 10.4. The molecule has 32 heavy (non-hydrogen) atoms.